The molecule has 0 atom stereocenters. The predicted octanol–water partition coefficient (Wildman–Crippen LogP) is 3.71. The van der Waals surface area contributed by atoms with Crippen molar-refractivity contribution < 1.29 is 4.52 Å². The number of benzene rings is 1. The van der Waals surface area contributed by atoms with E-state index in [1.54, 1.807) is 38.3 Å². The molecule has 0 saturated carbocycles. The molecular weight excluding hydrogens is 325 g/mol. The molecule has 0 unspecified atom stereocenters. The Morgan fingerprint density at radius 1 is 1.23 bits per heavy atom. The zero-order valence-electron chi connectivity index (χ0n) is 11.8. The summed E-state index contributed by atoms with van der Waals surface area (Å²) >= 11 is 11.9. The second-order valence-electron chi connectivity index (χ2n) is 4.79. The summed E-state index contributed by atoms with van der Waals surface area (Å²) in [5.74, 6) is 0.476. The SMILES string of the molecule is Cc1nn(C)c(=O)c2noc(/C=C/c3ccc(Cl)c(Cl)c3)c12. The van der Waals surface area contributed by atoms with Crippen molar-refractivity contribution in [1.82, 2.24) is 14.9 Å². The van der Waals surface area contributed by atoms with Gasteiger partial charge in [-0.3, -0.25) is 4.79 Å². The van der Waals surface area contributed by atoms with Crippen LogP contribution in [0.2, 0.25) is 10.0 Å². The standard InChI is InChI=1S/C15H11Cl2N3O2/c1-8-13-12(22-19-14(13)15(21)20(2)18-8)6-4-9-3-5-10(16)11(17)7-9/h3-7H,1-2H3/b6-4+. The van der Waals surface area contributed by atoms with Gasteiger partial charge in [-0.1, -0.05) is 40.5 Å². The zero-order valence-corrected chi connectivity index (χ0v) is 13.3. The van der Waals surface area contributed by atoms with Crippen LogP contribution in [0.4, 0.5) is 0 Å². The molecule has 0 aliphatic rings. The average molecular weight is 336 g/mol. The van der Waals surface area contributed by atoms with Gasteiger partial charge in [-0.05, 0) is 30.7 Å². The first-order chi connectivity index (χ1) is 10.5. The zero-order chi connectivity index (χ0) is 15.9. The maximum Gasteiger partial charge on any atom is 0.296 e. The van der Waals surface area contributed by atoms with Crippen LogP contribution in [0, 0.1) is 6.92 Å². The van der Waals surface area contributed by atoms with Gasteiger partial charge in [0.15, 0.2) is 11.3 Å². The third kappa shape index (κ3) is 2.53. The number of hydrogen-bond donors (Lipinski definition) is 0. The van der Waals surface area contributed by atoms with Gasteiger partial charge in [-0.15, -0.1) is 0 Å². The number of hydrogen-bond acceptors (Lipinski definition) is 4. The molecule has 0 bridgehead atoms. The van der Waals surface area contributed by atoms with E-state index < -0.39 is 0 Å². The van der Waals surface area contributed by atoms with Gasteiger partial charge >= 0.3 is 0 Å². The van der Waals surface area contributed by atoms with E-state index in [-0.39, 0.29) is 11.1 Å². The summed E-state index contributed by atoms with van der Waals surface area (Å²) in [6.45, 7) is 1.80. The second kappa shape index (κ2) is 5.59. The normalized spacial score (nSPS) is 11.6. The van der Waals surface area contributed by atoms with Gasteiger partial charge in [0, 0.05) is 7.05 Å². The average Bonchev–Trinajstić information content (AvgIpc) is 2.91. The lowest BCUT2D eigenvalue weighted by Crippen LogP contribution is -2.20. The number of aryl methyl sites for hydroxylation is 2. The summed E-state index contributed by atoms with van der Waals surface area (Å²) < 4.78 is 6.50. The molecule has 7 heteroatoms. The van der Waals surface area contributed by atoms with Crippen LogP contribution in [0.1, 0.15) is 17.0 Å². The van der Waals surface area contributed by atoms with Crippen molar-refractivity contribution in [2.24, 2.45) is 7.05 Å². The molecule has 0 radical (unpaired) electrons. The molecule has 2 heterocycles. The Hall–Kier alpha value is -2.11. The van der Waals surface area contributed by atoms with E-state index in [1.807, 2.05) is 6.07 Å². The molecule has 0 spiro atoms. The molecule has 0 amide bonds. The number of aromatic nitrogens is 3. The molecule has 2 aromatic heterocycles. The molecule has 1 aromatic carbocycles. The Kier molecular flexibility index (Phi) is 3.76. The van der Waals surface area contributed by atoms with Gasteiger partial charge in [0.25, 0.3) is 5.56 Å². The molecule has 22 heavy (non-hydrogen) atoms. The fourth-order valence-electron chi connectivity index (χ4n) is 2.17. The van der Waals surface area contributed by atoms with Gasteiger partial charge in [-0.2, -0.15) is 5.10 Å². The third-order valence-electron chi connectivity index (χ3n) is 3.25. The summed E-state index contributed by atoms with van der Waals surface area (Å²) in [7, 11) is 1.58. The van der Waals surface area contributed by atoms with Gasteiger partial charge in [0.2, 0.25) is 0 Å². The van der Waals surface area contributed by atoms with Crippen molar-refractivity contribution in [1.29, 1.82) is 0 Å². The van der Waals surface area contributed by atoms with Gasteiger partial charge < -0.3 is 4.52 Å². The lowest BCUT2D eigenvalue weighted by atomic mass is 10.1. The molecule has 5 nitrogen and oxygen atoms in total. The fraction of sp³-hybridized carbons (Fsp3) is 0.133. The molecule has 0 aliphatic heterocycles. The minimum Gasteiger partial charge on any atom is -0.355 e. The van der Waals surface area contributed by atoms with Crippen molar-refractivity contribution in [3.05, 3.63) is 55.6 Å². The predicted molar refractivity (Wildman–Crippen MR) is 87.2 cm³/mol. The van der Waals surface area contributed by atoms with Gasteiger partial charge in [0.05, 0.1) is 21.1 Å². The monoisotopic (exact) mass is 335 g/mol. The lowest BCUT2D eigenvalue weighted by Gasteiger charge is -1.99. The van der Waals surface area contributed by atoms with Gasteiger partial charge in [-0.25, -0.2) is 4.68 Å². The first-order valence-corrected chi connectivity index (χ1v) is 7.19. The Balaban J connectivity index is 2.08. The maximum absolute atomic E-state index is 12.0. The summed E-state index contributed by atoms with van der Waals surface area (Å²) in [6.07, 6.45) is 3.53. The second-order valence-corrected chi connectivity index (χ2v) is 5.61. The largest absolute Gasteiger partial charge is 0.355 e. The number of rotatable bonds is 2. The Bertz CT molecular complexity index is 957. The van der Waals surface area contributed by atoms with E-state index in [4.69, 9.17) is 27.7 Å². The molecule has 0 N–H and O–H groups in total. The minimum atomic E-state index is -0.293. The highest BCUT2D eigenvalue weighted by Crippen LogP contribution is 2.25. The lowest BCUT2D eigenvalue weighted by molar-refractivity contribution is 0.420. The first-order valence-electron chi connectivity index (χ1n) is 6.44. The molecular formula is C15H11Cl2N3O2. The van der Waals surface area contributed by atoms with Crippen LogP contribution >= 0.6 is 23.2 Å². The molecule has 0 fully saturated rings. The number of halogens is 2. The molecule has 0 aliphatic carbocycles. The number of nitrogens with zero attached hydrogens (tertiary/aromatic N) is 3. The highest BCUT2D eigenvalue weighted by Gasteiger charge is 2.14. The topological polar surface area (TPSA) is 60.9 Å². The fourth-order valence-corrected chi connectivity index (χ4v) is 2.48. The molecule has 0 saturated heterocycles. The van der Waals surface area contributed by atoms with Crippen LogP contribution in [0.5, 0.6) is 0 Å². The van der Waals surface area contributed by atoms with Crippen LogP contribution in [0.15, 0.2) is 27.5 Å². The summed E-state index contributed by atoms with van der Waals surface area (Å²) in [5, 5.41) is 9.56. The van der Waals surface area contributed by atoms with E-state index in [1.165, 1.54) is 4.68 Å². The Morgan fingerprint density at radius 3 is 2.73 bits per heavy atom. The summed E-state index contributed by atoms with van der Waals surface area (Å²) in [6, 6.07) is 5.28. The quantitative estimate of drug-likeness (QED) is 0.716. The van der Waals surface area contributed by atoms with E-state index >= 15 is 0 Å². The molecule has 3 aromatic rings. The van der Waals surface area contributed by atoms with Gasteiger partial charge in [0.1, 0.15) is 0 Å². The van der Waals surface area contributed by atoms with Crippen molar-refractivity contribution in [3.8, 4) is 0 Å². The van der Waals surface area contributed by atoms with E-state index in [9.17, 15) is 4.79 Å². The van der Waals surface area contributed by atoms with Crippen LogP contribution in [0.3, 0.4) is 0 Å². The van der Waals surface area contributed by atoms with Crippen molar-refractivity contribution in [2.45, 2.75) is 6.92 Å². The van der Waals surface area contributed by atoms with E-state index in [0.29, 0.717) is 26.9 Å². The maximum atomic E-state index is 12.0. The number of fused-ring (bicyclic) bond motifs is 1. The molecule has 3 rings (SSSR count). The Labute approximate surface area is 135 Å². The Morgan fingerprint density at radius 2 is 2.00 bits per heavy atom. The van der Waals surface area contributed by atoms with Crippen LogP contribution < -0.4 is 5.56 Å². The van der Waals surface area contributed by atoms with Crippen LogP contribution in [-0.4, -0.2) is 14.9 Å². The smallest absolute Gasteiger partial charge is 0.296 e. The van der Waals surface area contributed by atoms with Crippen LogP contribution in [0.25, 0.3) is 23.1 Å². The van der Waals surface area contributed by atoms with E-state index in [2.05, 4.69) is 10.3 Å². The van der Waals surface area contributed by atoms with Crippen molar-refractivity contribution >= 4 is 46.3 Å². The molecule has 112 valence electrons. The first kappa shape index (κ1) is 14.8. The van der Waals surface area contributed by atoms with Crippen molar-refractivity contribution in [2.75, 3.05) is 0 Å². The highest BCUT2D eigenvalue weighted by molar-refractivity contribution is 6.42. The summed E-state index contributed by atoms with van der Waals surface area (Å²) in [4.78, 5) is 12.0. The highest BCUT2D eigenvalue weighted by atomic mass is 35.5. The van der Waals surface area contributed by atoms with E-state index in [0.717, 1.165) is 5.56 Å². The summed E-state index contributed by atoms with van der Waals surface area (Å²) in [5.41, 5.74) is 1.50. The minimum absolute atomic E-state index is 0.267. The third-order valence-corrected chi connectivity index (χ3v) is 3.99. The van der Waals surface area contributed by atoms with Crippen molar-refractivity contribution in [3.63, 3.8) is 0 Å². The van der Waals surface area contributed by atoms with Crippen LogP contribution in [-0.2, 0) is 7.05 Å².